The zero-order valence-corrected chi connectivity index (χ0v) is 19.8. The lowest BCUT2D eigenvalue weighted by atomic mass is 10.1. The summed E-state index contributed by atoms with van der Waals surface area (Å²) in [6.07, 6.45) is 7.50. The van der Waals surface area contributed by atoms with Crippen LogP contribution in [-0.4, -0.2) is 21.2 Å². The lowest BCUT2D eigenvalue weighted by Gasteiger charge is -2.20. The maximum absolute atomic E-state index is 14.5. The fourth-order valence-corrected chi connectivity index (χ4v) is 4.31. The van der Waals surface area contributed by atoms with Crippen molar-refractivity contribution in [1.82, 2.24) is 14.1 Å². The summed E-state index contributed by atoms with van der Waals surface area (Å²) in [5.41, 5.74) is 3.75. The number of rotatable bonds is 7. The summed E-state index contributed by atoms with van der Waals surface area (Å²) < 4.78 is 36.9. The molecular weight excluding hydrogens is 450 g/mol. The second-order valence-corrected chi connectivity index (χ2v) is 8.95. The van der Waals surface area contributed by atoms with Crippen LogP contribution in [0, 0.1) is 18.6 Å². The molecule has 1 N–H and O–H groups in total. The fraction of sp³-hybridized carbons (Fsp3) is 0.259. The van der Waals surface area contributed by atoms with Crippen molar-refractivity contribution >= 4 is 11.4 Å². The third kappa shape index (κ3) is 4.56. The van der Waals surface area contributed by atoms with Crippen molar-refractivity contribution in [2.24, 2.45) is 0 Å². The number of methoxy groups -OCH3 is 1. The SMILES string of the molecule is COc1cc(Nc2cc(C3CC3)cn([C@@H](C)c3ccc(F)cc3F)c2=O)ccc1-n1cnc(C)c1. The highest BCUT2D eigenvalue weighted by Crippen LogP contribution is 2.41. The standard InChI is InChI=1S/C27H26F2N4O2/c1-16-13-32(15-30-16)25-9-7-21(12-26(25)35-3)31-24-10-19(18-4-5-18)14-33(27(24)34)17(2)22-8-6-20(28)11-23(22)29/h6-15,17-18,31H,4-5H2,1-3H3/t17-/m0/s1. The highest BCUT2D eigenvalue weighted by molar-refractivity contribution is 5.65. The van der Waals surface area contributed by atoms with Gasteiger partial charge in [-0.05, 0) is 62.4 Å². The second-order valence-electron chi connectivity index (χ2n) is 8.95. The molecule has 4 aromatic rings. The fourth-order valence-electron chi connectivity index (χ4n) is 4.31. The summed E-state index contributed by atoms with van der Waals surface area (Å²) in [4.78, 5) is 17.7. The monoisotopic (exact) mass is 476 g/mol. The lowest BCUT2D eigenvalue weighted by molar-refractivity contribution is 0.413. The first-order valence-electron chi connectivity index (χ1n) is 11.5. The molecule has 0 radical (unpaired) electrons. The Hall–Kier alpha value is -3.94. The normalized spacial score (nSPS) is 14.1. The van der Waals surface area contributed by atoms with Crippen LogP contribution in [0.3, 0.4) is 0 Å². The minimum Gasteiger partial charge on any atom is -0.494 e. The lowest BCUT2D eigenvalue weighted by Crippen LogP contribution is -2.26. The predicted octanol–water partition coefficient (Wildman–Crippen LogP) is 5.86. The molecule has 2 aromatic carbocycles. The predicted molar refractivity (Wildman–Crippen MR) is 131 cm³/mol. The molecule has 0 amide bonds. The van der Waals surface area contributed by atoms with Crippen LogP contribution in [0.1, 0.15) is 48.5 Å². The van der Waals surface area contributed by atoms with Gasteiger partial charge in [-0.3, -0.25) is 4.79 Å². The van der Waals surface area contributed by atoms with Gasteiger partial charge < -0.3 is 19.2 Å². The van der Waals surface area contributed by atoms with Crippen molar-refractivity contribution in [1.29, 1.82) is 0 Å². The summed E-state index contributed by atoms with van der Waals surface area (Å²) in [7, 11) is 1.59. The molecule has 1 saturated carbocycles. The van der Waals surface area contributed by atoms with E-state index in [9.17, 15) is 13.6 Å². The molecule has 6 nitrogen and oxygen atoms in total. The molecular formula is C27H26F2N4O2. The summed E-state index contributed by atoms with van der Waals surface area (Å²) >= 11 is 0. The van der Waals surface area contributed by atoms with Gasteiger partial charge in [0, 0.05) is 35.8 Å². The van der Waals surface area contributed by atoms with Crippen molar-refractivity contribution in [3.63, 3.8) is 0 Å². The summed E-state index contributed by atoms with van der Waals surface area (Å²) in [6, 6.07) is 10.3. The molecule has 0 aliphatic heterocycles. The highest BCUT2D eigenvalue weighted by Gasteiger charge is 2.27. The van der Waals surface area contributed by atoms with Crippen molar-refractivity contribution in [3.8, 4) is 11.4 Å². The number of aromatic nitrogens is 3. The van der Waals surface area contributed by atoms with Crippen molar-refractivity contribution in [2.75, 3.05) is 12.4 Å². The van der Waals surface area contributed by atoms with Gasteiger partial charge in [-0.25, -0.2) is 13.8 Å². The molecule has 0 bridgehead atoms. The van der Waals surface area contributed by atoms with Gasteiger partial charge in [-0.1, -0.05) is 6.07 Å². The topological polar surface area (TPSA) is 61.1 Å². The van der Waals surface area contributed by atoms with E-state index in [0.717, 1.165) is 35.9 Å². The van der Waals surface area contributed by atoms with E-state index in [1.165, 1.54) is 16.7 Å². The van der Waals surface area contributed by atoms with Crippen molar-refractivity contribution < 1.29 is 13.5 Å². The molecule has 180 valence electrons. The Morgan fingerprint density at radius 2 is 1.91 bits per heavy atom. The number of imidazole rings is 1. The Bertz CT molecular complexity index is 1460. The Kier molecular flexibility index (Phi) is 5.88. The zero-order chi connectivity index (χ0) is 24.7. The van der Waals surface area contributed by atoms with Crippen LogP contribution in [0.2, 0.25) is 0 Å². The number of benzene rings is 2. The molecule has 0 spiro atoms. The molecule has 1 aliphatic rings. The van der Waals surface area contributed by atoms with Gasteiger partial charge in [0.15, 0.2) is 0 Å². The number of nitrogens with one attached hydrogen (secondary N) is 1. The van der Waals surface area contributed by atoms with Crippen LogP contribution in [-0.2, 0) is 0 Å². The van der Waals surface area contributed by atoms with E-state index >= 15 is 0 Å². The molecule has 1 aliphatic carbocycles. The highest BCUT2D eigenvalue weighted by atomic mass is 19.1. The van der Waals surface area contributed by atoms with E-state index in [1.807, 2.05) is 42.0 Å². The first-order valence-corrected chi connectivity index (χ1v) is 11.5. The molecule has 1 fully saturated rings. The largest absolute Gasteiger partial charge is 0.494 e. The number of pyridine rings is 1. The van der Waals surface area contributed by atoms with Crippen LogP contribution < -0.4 is 15.6 Å². The van der Waals surface area contributed by atoms with Gasteiger partial charge in [0.05, 0.1) is 30.9 Å². The molecule has 8 heteroatoms. The molecule has 1 atom stereocenters. The third-order valence-corrected chi connectivity index (χ3v) is 6.39. The first-order chi connectivity index (χ1) is 16.8. The van der Waals surface area contributed by atoms with Crippen LogP contribution in [0.5, 0.6) is 5.75 Å². The average molecular weight is 477 g/mol. The van der Waals surface area contributed by atoms with E-state index in [2.05, 4.69) is 10.3 Å². The van der Waals surface area contributed by atoms with Gasteiger partial charge in [-0.15, -0.1) is 0 Å². The minimum absolute atomic E-state index is 0.258. The number of hydrogen-bond donors (Lipinski definition) is 1. The van der Waals surface area contributed by atoms with Gasteiger partial charge >= 0.3 is 0 Å². The number of anilines is 2. The first kappa shape index (κ1) is 22.8. The third-order valence-electron chi connectivity index (χ3n) is 6.39. The van der Waals surface area contributed by atoms with Crippen molar-refractivity contribution in [2.45, 2.75) is 38.6 Å². The van der Waals surface area contributed by atoms with Crippen LogP contribution in [0.25, 0.3) is 5.69 Å². The summed E-state index contributed by atoms with van der Waals surface area (Å²) in [5.74, 6) is -0.337. The summed E-state index contributed by atoms with van der Waals surface area (Å²) in [6.45, 7) is 3.65. The van der Waals surface area contributed by atoms with E-state index in [0.29, 0.717) is 23.0 Å². The summed E-state index contributed by atoms with van der Waals surface area (Å²) in [5, 5.41) is 3.23. The zero-order valence-electron chi connectivity index (χ0n) is 19.8. The molecule has 35 heavy (non-hydrogen) atoms. The molecule has 2 heterocycles. The van der Waals surface area contributed by atoms with E-state index in [1.54, 1.807) is 26.6 Å². The van der Waals surface area contributed by atoms with Gasteiger partial charge in [0.1, 0.15) is 23.1 Å². The number of halogens is 2. The maximum Gasteiger partial charge on any atom is 0.274 e. The van der Waals surface area contributed by atoms with Gasteiger partial charge in [-0.2, -0.15) is 0 Å². The Balaban J connectivity index is 1.53. The van der Waals surface area contributed by atoms with E-state index in [-0.39, 0.29) is 11.1 Å². The molecule has 5 rings (SSSR count). The number of hydrogen-bond acceptors (Lipinski definition) is 4. The van der Waals surface area contributed by atoms with Crippen LogP contribution in [0.4, 0.5) is 20.2 Å². The number of ether oxygens (including phenoxy) is 1. The Morgan fingerprint density at radius 1 is 1.11 bits per heavy atom. The van der Waals surface area contributed by atoms with Gasteiger partial charge in [0.25, 0.3) is 5.56 Å². The quantitative estimate of drug-likeness (QED) is 0.363. The Morgan fingerprint density at radius 3 is 2.57 bits per heavy atom. The van der Waals surface area contributed by atoms with E-state index in [4.69, 9.17) is 4.74 Å². The van der Waals surface area contributed by atoms with Crippen molar-refractivity contribution in [3.05, 3.63) is 100.0 Å². The second kappa shape index (κ2) is 9.02. The molecule has 0 unspecified atom stereocenters. The van der Waals surface area contributed by atoms with E-state index < -0.39 is 17.7 Å². The van der Waals surface area contributed by atoms with Crippen LogP contribution in [0.15, 0.2) is 66.0 Å². The smallest absolute Gasteiger partial charge is 0.274 e. The number of aryl methyl sites for hydroxylation is 1. The van der Waals surface area contributed by atoms with Crippen LogP contribution >= 0.6 is 0 Å². The molecule has 2 aromatic heterocycles. The number of nitrogens with zero attached hydrogens (tertiary/aromatic N) is 3. The molecule has 0 saturated heterocycles. The maximum atomic E-state index is 14.5. The Labute approximate surface area is 201 Å². The average Bonchev–Trinajstić information content (AvgIpc) is 3.60. The van der Waals surface area contributed by atoms with Gasteiger partial charge in [0.2, 0.25) is 0 Å². The minimum atomic E-state index is -0.675.